The van der Waals surface area contributed by atoms with Crippen molar-refractivity contribution in [3.05, 3.63) is 83.3 Å². The topological polar surface area (TPSA) is 57.7 Å². The average Bonchev–Trinajstić information content (AvgIpc) is 2.84. The molecule has 8 heteroatoms. The molecule has 0 amide bonds. The monoisotopic (exact) mass is 513 g/mol. The Balaban J connectivity index is 1.67. The molecule has 0 N–H and O–H groups in total. The third-order valence-electron chi connectivity index (χ3n) is 6.49. The number of hydrogen-bond donors (Lipinski definition) is 0. The summed E-state index contributed by atoms with van der Waals surface area (Å²) in [6, 6.07) is 20.7. The van der Waals surface area contributed by atoms with Crippen LogP contribution < -0.4 is 15.1 Å². The summed E-state index contributed by atoms with van der Waals surface area (Å²) in [5.74, 6) is -1.89. The summed E-state index contributed by atoms with van der Waals surface area (Å²) in [6.45, 7) is 6.63. The predicted molar refractivity (Wildman–Crippen MR) is 137 cm³/mol. The molecule has 2 aromatic carbocycles. The fourth-order valence-corrected chi connectivity index (χ4v) is 9.50. The summed E-state index contributed by atoms with van der Waals surface area (Å²) < 4.78 is 32.6. The Bertz CT molecular complexity index is 1150. The van der Waals surface area contributed by atoms with E-state index in [0.717, 1.165) is 6.42 Å². The summed E-state index contributed by atoms with van der Waals surface area (Å²) in [7, 11) is -1.58. The number of pyridine rings is 1. The molecule has 5 nitrogen and oxygen atoms in total. The standard InChI is InChI=1S/C27H29ClFNO4Si/c1-27(2,3)35(18-11-7-5-8-12-18,19-13-9-6-10-14-19)34-22-16-15-21(22)33-25-24(29)23(28)20(17-30-25)26(31)32-4/h5-14,17,21-22H,15-16H2,1-4H3/t21-,22+/m0/s1. The highest BCUT2D eigenvalue weighted by atomic mass is 35.5. The molecule has 2 atom stereocenters. The van der Waals surface area contributed by atoms with E-state index in [1.165, 1.54) is 23.7 Å². The minimum atomic E-state index is -2.78. The van der Waals surface area contributed by atoms with Gasteiger partial charge >= 0.3 is 5.97 Å². The molecule has 1 aromatic heterocycles. The molecule has 0 aliphatic heterocycles. The number of halogens is 2. The fourth-order valence-electron chi connectivity index (χ4n) is 4.55. The van der Waals surface area contributed by atoms with E-state index in [0.29, 0.717) is 6.42 Å². The zero-order chi connectivity index (χ0) is 25.2. The third-order valence-corrected chi connectivity index (χ3v) is 11.9. The van der Waals surface area contributed by atoms with Crippen LogP contribution in [0.2, 0.25) is 10.1 Å². The van der Waals surface area contributed by atoms with Crippen LogP contribution in [0.3, 0.4) is 0 Å². The number of aromatic nitrogens is 1. The van der Waals surface area contributed by atoms with Gasteiger partial charge in [-0.05, 0) is 28.3 Å². The highest BCUT2D eigenvalue weighted by molar-refractivity contribution is 6.99. The Morgan fingerprint density at radius 3 is 2.00 bits per heavy atom. The number of rotatable bonds is 7. The van der Waals surface area contributed by atoms with Crippen LogP contribution in [0.15, 0.2) is 66.9 Å². The minimum absolute atomic E-state index is 0.146. The Morgan fingerprint density at radius 2 is 1.54 bits per heavy atom. The molecule has 1 aliphatic carbocycles. The van der Waals surface area contributed by atoms with E-state index in [-0.39, 0.29) is 27.6 Å². The Morgan fingerprint density at radius 1 is 1.00 bits per heavy atom. The molecule has 0 saturated heterocycles. The van der Waals surface area contributed by atoms with Crippen LogP contribution in [0.4, 0.5) is 4.39 Å². The molecule has 0 radical (unpaired) electrons. The van der Waals surface area contributed by atoms with Crippen molar-refractivity contribution in [1.29, 1.82) is 0 Å². The molecule has 0 unspecified atom stereocenters. The van der Waals surface area contributed by atoms with E-state index < -0.39 is 26.2 Å². The summed E-state index contributed by atoms with van der Waals surface area (Å²) in [5.41, 5.74) is -0.146. The predicted octanol–water partition coefficient (Wildman–Crippen LogP) is 5.15. The number of ether oxygens (including phenoxy) is 2. The largest absolute Gasteiger partial charge is 0.470 e. The van der Waals surface area contributed by atoms with Gasteiger partial charge in [0.2, 0.25) is 5.82 Å². The highest BCUT2D eigenvalue weighted by Gasteiger charge is 2.53. The fraction of sp³-hybridized carbons (Fsp3) is 0.333. The first-order chi connectivity index (χ1) is 16.7. The molecule has 4 rings (SSSR count). The summed E-state index contributed by atoms with van der Waals surface area (Å²) >= 11 is 6.06. The zero-order valence-corrected chi connectivity index (χ0v) is 22.0. The van der Waals surface area contributed by atoms with Crippen LogP contribution in [0.1, 0.15) is 44.0 Å². The van der Waals surface area contributed by atoms with Gasteiger partial charge in [0.15, 0.2) is 0 Å². The number of esters is 1. The summed E-state index contributed by atoms with van der Waals surface area (Å²) in [4.78, 5) is 15.8. The summed E-state index contributed by atoms with van der Waals surface area (Å²) in [5, 5.41) is 1.77. The maximum atomic E-state index is 14.9. The first kappa shape index (κ1) is 25.4. The van der Waals surface area contributed by atoms with Gasteiger partial charge in [-0.25, -0.2) is 9.78 Å². The highest BCUT2D eigenvalue weighted by Crippen LogP contribution is 2.41. The molecule has 1 saturated carbocycles. The molecule has 1 fully saturated rings. The third kappa shape index (κ3) is 4.72. The Kier molecular flexibility index (Phi) is 7.31. The molecule has 1 heterocycles. The Hall–Kier alpha value is -2.74. The lowest BCUT2D eigenvalue weighted by Crippen LogP contribution is -2.69. The second-order valence-electron chi connectivity index (χ2n) is 9.65. The molecule has 0 bridgehead atoms. The average molecular weight is 514 g/mol. The smallest absolute Gasteiger partial charge is 0.341 e. The van der Waals surface area contributed by atoms with Gasteiger partial charge in [0.25, 0.3) is 14.2 Å². The van der Waals surface area contributed by atoms with Crippen LogP contribution in [0.5, 0.6) is 5.88 Å². The van der Waals surface area contributed by atoms with E-state index >= 15 is 0 Å². The van der Waals surface area contributed by atoms with Crippen molar-refractivity contribution >= 4 is 36.3 Å². The van der Waals surface area contributed by atoms with Gasteiger partial charge in [-0.2, -0.15) is 4.39 Å². The van der Waals surface area contributed by atoms with Gasteiger partial charge in [-0.1, -0.05) is 93.0 Å². The second-order valence-corrected chi connectivity index (χ2v) is 14.3. The van der Waals surface area contributed by atoms with Gasteiger partial charge in [-0.15, -0.1) is 0 Å². The van der Waals surface area contributed by atoms with Gasteiger partial charge < -0.3 is 13.9 Å². The van der Waals surface area contributed by atoms with Crippen molar-refractivity contribution in [1.82, 2.24) is 4.98 Å². The van der Waals surface area contributed by atoms with Crippen molar-refractivity contribution in [2.75, 3.05) is 7.11 Å². The molecular weight excluding hydrogens is 485 g/mol. The number of nitrogens with zero attached hydrogens (tertiary/aromatic N) is 1. The molecule has 3 aromatic rings. The first-order valence-corrected chi connectivity index (χ1v) is 13.9. The quantitative estimate of drug-likeness (QED) is 0.323. The lowest BCUT2D eigenvalue weighted by molar-refractivity contribution is -0.0296. The van der Waals surface area contributed by atoms with E-state index in [2.05, 4.69) is 54.8 Å². The van der Waals surface area contributed by atoms with Gasteiger partial charge in [0.1, 0.15) is 6.10 Å². The van der Waals surface area contributed by atoms with E-state index in [1.54, 1.807) is 0 Å². The van der Waals surface area contributed by atoms with Crippen LogP contribution in [0.25, 0.3) is 0 Å². The number of hydrogen-bond acceptors (Lipinski definition) is 5. The lowest BCUT2D eigenvalue weighted by atomic mass is 9.92. The van der Waals surface area contributed by atoms with Crippen LogP contribution in [-0.4, -0.2) is 38.6 Å². The second kappa shape index (κ2) is 10.1. The molecular formula is C27H29ClFNO4Si. The van der Waals surface area contributed by atoms with Gasteiger partial charge in [-0.3, -0.25) is 0 Å². The van der Waals surface area contributed by atoms with E-state index in [9.17, 15) is 9.18 Å². The SMILES string of the molecule is COC(=O)c1cnc(O[C@H]2CC[C@H]2O[Si](c2ccccc2)(c2ccccc2)C(C)(C)C)c(F)c1Cl. The zero-order valence-electron chi connectivity index (χ0n) is 20.3. The van der Waals surface area contributed by atoms with E-state index in [4.69, 9.17) is 20.8 Å². The normalized spacial score (nSPS) is 18.0. The summed E-state index contributed by atoms with van der Waals surface area (Å²) in [6.07, 6.45) is 2.01. The van der Waals surface area contributed by atoms with E-state index in [1.807, 2.05) is 36.4 Å². The van der Waals surface area contributed by atoms with Gasteiger partial charge in [0.05, 0.1) is 23.8 Å². The number of carbonyl (C=O) groups excluding carboxylic acids is 1. The van der Waals surface area contributed by atoms with Crippen LogP contribution in [-0.2, 0) is 9.16 Å². The number of benzene rings is 2. The lowest BCUT2D eigenvalue weighted by Gasteiger charge is -2.49. The van der Waals surface area contributed by atoms with Crippen molar-refractivity contribution < 1.29 is 23.1 Å². The number of methoxy groups -OCH3 is 1. The maximum absolute atomic E-state index is 14.9. The first-order valence-electron chi connectivity index (χ1n) is 11.6. The van der Waals surface area contributed by atoms with Crippen molar-refractivity contribution in [3.8, 4) is 5.88 Å². The van der Waals surface area contributed by atoms with Gasteiger partial charge in [0, 0.05) is 6.20 Å². The van der Waals surface area contributed by atoms with Crippen LogP contribution >= 0.6 is 11.6 Å². The molecule has 35 heavy (non-hydrogen) atoms. The van der Waals surface area contributed by atoms with Crippen molar-refractivity contribution in [2.24, 2.45) is 0 Å². The molecule has 1 aliphatic rings. The van der Waals surface area contributed by atoms with Crippen molar-refractivity contribution in [2.45, 2.75) is 50.9 Å². The Labute approximate surface area is 211 Å². The van der Waals surface area contributed by atoms with Crippen LogP contribution in [0, 0.1) is 5.82 Å². The molecule has 184 valence electrons. The molecule has 0 spiro atoms. The van der Waals surface area contributed by atoms with Crippen molar-refractivity contribution in [3.63, 3.8) is 0 Å². The minimum Gasteiger partial charge on any atom is -0.470 e. The maximum Gasteiger partial charge on any atom is 0.341 e. The number of carbonyl (C=O) groups is 1.